The van der Waals surface area contributed by atoms with Gasteiger partial charge in [0.25, 0.3) is 0 Å². The van der Waals surface area contributed by atoms with Gasteiger partial charge in [0, 0.05) is 0 Å². The topological polar surface area (TPSA) is 55.4 Å². The first-order chi connectivity index (χ1) is 11.1. The second-order valence-electron chi connectivity index (χ2n) is 4.82. The standard InChI is InChI=1S/C18H19NO3S/c1-3-15-10-12-17(13-11-15)23(20,21)19-14-6-8-16-7-4-5-9-18(16)22-2/h4-5,7,9-13,19H,3,14H2,1-2H3. The van der Waals surface area contributed by atoms with Crippen LogP contribution in [0.5, 0.6) is 5.75 Å². The molecule has 0 amide bonds. The molecule has 0 fully saturated rings. The summed E-state index contributed by atoms with van der Waals surface area (Å²) in [5, 5.41) is 0. The normalized spacial score (nSPS) is 10.7. The lowest BCUT2D eigenvalue weighted by molar-refractivity contribution is 0.413. The fraction of sp³-hybridized carbons (Fsp3) is 0.222. The van der Waals surface area contributed by atoms with Crippen LogP contribution in [0.25, 0.3) is 0 Å². The molecule has 0 heterocycles. The van der Waals surface area contributed by atoms with Crippen molar-refractivity contribution < 1.29 is 13.2 Å². The first kappa shape index (κ1) is 17.1. The number of sulfonamides is 1. The van der Waals surface area contributed by atoms with Gasteiger partial charge in [-0.25, -0.2) is 8.42 Å². The third-order valence-corrected chi connectivity index (χ3v) is 4.74. The molecule has 0 unspecified atom stereocenters. The van der Waals surface area contributed by atoms with Crippen LogP contribution in [0.1, 0.15) is 18.1 Å². The average molecular weight is 329 g/mol. The molecule has 0 spiro atoms. The van der Waals surface area contributed by atoms with Crippen molar-refractivity contribution in [2.45, 2.75) is 18.2 Å². The highest BCUT2D eigenvalue weighted by Crippen LogP contribution is 2.15. The van der Waals surface area contributed by atoms with Crippen molar-refractivity contribution >= 4 is 10.0 Å². The molecule has 0 aliphatic carbocycles. The smallest absolute Gasteiger partial charge is 0.241 e. The van der Waals surface area contributed by atoms with E-state index in [-0.39, 0.29) is 11.4 Å². The molecule has 2 rings (SSSR count). The molecule has 0 saturated heterocycles. The number of benzene rings is 2. The molecule has 0 radical (unpaired) electrons. The number of nitrogens with one attached hydrogen (secondary N) is 1. The first-order valence-corrected chi connectivity index (χ1v) is 8.75. The van der Waals surface area contributed by atoms with Gasteiger partial charge in [0.2, 0.25) is 10.0 Å². The van der Waals surface area contributed by atoms with Crippen molar-refractivity contribution in [3.8, 4) is 17.6 Å². The van der Waals surface area contributed by atoms with Crippen molar-refractivity contribution in [3.05, 3.63) is 59.7 Å². The SMILES string of the molecule is CCc1ccc(S(=O)(=O)NCC#Cc2ccccc2OC)cc1. The lowest BCUT2D eigenvalue weighted by Gasteiger charge is -2.05. The van der Waals surface area contributed by atoms with Gasteiger partial charge in [0.1, 0.15) is 5.75 Å². The van der Waals surface area contributed by atoms with E-state index >= 15 is 0 Å². The minimum Gasteiger partial charge on any atom is -0.495 e. The van der Waals surface area contributed by atoms with Crippen molar-refractivity contribution in [2.24, 2.45) is 0 Å². The molecule has 1 N–H and O–H groups in total. The van der Waals surface area contributed by atoms with Gasteiger partial charge in [-0.05, 0) is 36.2 Å². The van der Waals surface area contributed by atoms with Gasteiger partial charge in [-0.3, -0.25) is 0 Å². The van der Waals surface area contributed by atoms with Crippen molar-refractivity contribution in [2.75, 3.05) is 13.7 Å². The predicted octanol–water partition coefficient (Wildman–Crippen LogP) is 2.59. The zero-order valence-corrected chi connectivity index (χ0v) is 14.0. The van der Waals surface area contributed by atoms with Gasteiger partial charge in [-0.15, -0.1) is 0 Å². The lowest BCUT2D eigenvalue weighted by Crippen LogP contribution is -2.24. The molecule has 5 heteroatoms. The number of hydrogen-bond acceptors (Lipinski definition) is 3. The average Bonchev–Trinajstić information content (AvgIpc) is 2.59. The minimum absolute atomic E-state index is 0.0376. The summed E-state index contributed by atoms with van der Waals surface area (Å²) in [7, 11) is -1.97. The summed E-state index contributed by atoms with van der Waals surface area (Å²) in [6.07, 6.45) is 0.873. The quantitative estimate of drug-likeness (QED) is 0.858. The number of para-hydroxylation sites is 1. The molecular weight excluding hydrogens is 310 g/mol. The molecule has 120 valence electrons. The Kier molecular flexibility index (Phi) is 5.80. The highest BCUT2D eigenvalue weighted by Gasteiger charge is 2.12. The maximum atomic E-state index is 12.2. The Balaban J connectivity index is 2.04. The Morgan fingerprint density at radius 2 is 1.78 bits per heavy atom. The van der Waals surface area contributed by atoms with E-state index in [1.165, 1.54) is 0 Å². The number of ether oxygens (including phenoxy) is 1. The summed E-state index contributed by atoms with van der Waals surface area (Å²) in [5.41, 5.74) is 1.82. The molecule has 2 aromatic rings. The van der Waals surface area contributed by atoms with E-state index in [1.54, 1.807) is 19.2 Å². The molecular formula is C18H19NO3S. The number of hydrogen-bond donors (Lipinski definition) is 1. The third-order valence-electron chi connectivity index (χ3n) is 3.32. The van der Waals surface area contributed by atoms with Crippen LogP contribution in [0.15, 0.2) is 53.4 Å². The predicted molar refractivity (Wildman–Crippen MR) is 90.9 cm³/mol. The summed E-state index contributed by atoms with van der Waals surface area (Å²) >= 11 is 0. The van der Waals surface area contributed by atoms with Gasteiger partial charge in [0.05, 0.1) is 24.1 Å². The van der Waals surface area contributed by atoms with E-state index in [0.717, 1.165) is 17.5 Å². The van der Waals surface area contributed by atoms with E-state index < -0.39 is 10.0 Å². The summed E-state index contributed by atoms with van der Waals surface area (Å²) in [4.78, 5) is 0.244. The third kappa shape index (κ3) is 4.59. The number of methoxy groups -OCH3 is 1. The Bertz CT molecular complexity index is 815. The largest absolute Gasteiger partial charge is 0.495 e. The zero-order valence-electron chi connectivity index (χ0n) is 13.2. The highest BCUT2D eigenvalue weighted by atomic mass is 32.2. The molecule has 0 aromatic heterocycles. The van der Waals surface area contributed by atoms with Crippen LogP contribution in [-0.2, 0) is 16.4 Å². The monoisotopic (exact) mass is 329 g/mol. The van der Waals surface area contributed by atoms with Crippen LogP contribution in [0, 0.1) is 11.8 Å². The lowest BCUT2D eigenvalue weighted by atomic mass is 10.2. The van der Waals surface area contributed by atoms with E-state index in [0.29, 0.717) is 5.75 Å². The summed E-state index contributed by atoms with van der Waals surface area (Å²) in [6.45, 7) is 2.06. The van der Waals surface area contributed by atoms with E-state index in [4.69, 9.17) is 4.74 Å². The van der Waals surface area contributed by atoms with Gasteiger partial charge in [-0.1, -0.05) is 43.0 Å². The van der Waals surface area contributed by atoms with Crippen molar-refractivity contribution in [1.29, 1.82) is 0 Å². The van der Waals surface area contributed by atoms with Crippen LogP contribution < -0.4 is 9.46 Å². The van der Waals surface area contributed by atoms with Gasteiger partial charge < -0.3 is 4.74 Å². The minimum atomic E-state index is -3.54. The molecule has 2 aromatic carbocycles. The van der Waals surface area contributed by atoms with Crippen LogP contribution in [0.3, 0.4) is 0 Å². The van der Waals surface area contributed by atoms with E-state index in [2.05, 4.69) is 16.6 Å². The van der Waals surface area contributed by atoms with Crippen molar-refractivity contribution in [1.82, 2.24) is 4.72 Å². The molecule has 23 heavy (non-hydrogen) atoms. The number of aryl methyl sites for hydroxylation is 1. The van der Waals surface area contributed by atoms with Crippen LogP contribution in [0.2, 0.25) is 0 Å². The van der Waals surface area contributed by atoms with Crippen LogP contribution in [-0.4, -0.2) is 22.1 Å². The fourth-order valence-electron chi connectivity index (χ4n) is 2.01. The van der Waals surface area contributed by atoms with E-state index in [1.807, 2.05) is 43.3 Å². The Morgan fingerprint density at radius 3 is 2.43 bits per heavy atom. The highest BCUT2D eigenvalue weighted by molar-refractivity contribution is 7.89. The second kappa shape index (κ2) is 7.82. The molecule has 0 aliphatic rings. The Labute approximate surface area is 137 Å². The number of rotatable bonds is 5. The summed E-state index contributed by atoms with van der Waals surface area (Å²) in [6, 6.07) is 14.2. The molecule has 0 bridgehead atoms. The fourth-order valence-corrected chi connectivity index (χ4v) is 2.93. The molecule has 4 nitrogen and oxygen atoms in total. The second-order valence-corrected chi connectivity index (χ2v) is 6.59. The first-order valence-electron chi connectivity index (χ1n) is 7.27. The maximum Gasteiger partial charge on any atom is 0.241 e. The summed E-state index contributed by atoms with van der Waals surface area (Å²) in [5.74, 6) is 6.37. The van der Waals surface area contributed by atoms with E-state index in [9.17, 15) is 8.42 Å². The van der Waals surface area contributed by atoms with Gasteiger partial charge in [0.15, 0.2) is 0 Å². The molecule has 0 aliphatic heterocycles. The summed E-state index contributed by atoms with van der Waals surface area (Å²) < 4.78 is 32.0. The van der Waals surface area contributed by atoms with Crippen LogP contribution in [0.4, 0.5) is 0 Å². The zero-order chi connectivity index (χ0) is 16.7. The van der Waals surface area contributed by atoms with Crippen molar-refractivity contribution in [3.63, 3.8) is 0 Å². The molecule has 0 atom stereocenters. The van der Waals surface area contributed by atoms with Gasteiger partial charge in [-0.2, -0.15) is 4.72 Å². The maximum absolute atomic E-state index is 12.2. The Morgan fingerprint density at radius 1 is 1.09 bits per heavy atom. The van der Waals surface area contributed by atoms with Gasteiger partial charge >= 0.3 is 0 Å². The Hall–Kier alpha value is -2.29. The molecule has 0 saturated carbocycles. The van der Waals surface area contributed by atoms with Crippen LogP contribution >= 0.6 is 0 Å².